The molecule has 1 amide bonds. The van der Waals surface area contributed by atoms with E-state index >= 15 is 0 Å². The normalized spacial score (nSPS) is 22.1. The van der Waals surface area contributed by atoms with E-state index in [-0.39, 0.29) is 17.2 Å². The third-order valence-electron chi connectivity index (χ3n) is 6.74. The number of hydrogen-bond donors (Lipinski definition) is 2. The van der Waals surface area contributed by atoms with Gasteiger partial charge in [0, 0.05) is 19.6 Å². The zero-order valence-electron chi connectivity index (χ0n) is 17.4. The third-order valence-corrected chi connectivity index (χ3v) is 8.66. The van der Waals surface area contributed by atoms with Gasteiger partial charge in [0.25, 0.3) is 0 Å². The van der Waals surface area contributed by atoms with E-state index in [1.165, 1.54) is 9.88 Å². The van der Waals surface area contributed by atoms with E-state index in [2.05, 4.69) is 11.0 Å². The number of aryl methyl sites for hydroxylation is 1. The zero-order chi connectivity index (χ0) is 21.4. The highest BCUT2D eigenvalue weighted by Crippen LogP contribution is 2.53. The van der Waals surface area contributed by atoms with Crippen LogP contribution in [-0.2, 0) is 14.8 Å². The fourth-order valence-electron chi connectivity index (χ4n) is 4.82. The number of benzene rings is 1. The van der Waals surface area contributed by atoms with Crippen LogP contribution in [-0.4, -0.2) is 49.5 Å². The van der Waals surface area contributed by atoms with Crippen molar-refractivity contribution in [3.63, 3.8) is 0 Å². The number of nitrogens with zero attached hydrogens (tertiary/aromatic N) is 1. The lowest BCUT2D eigenvalue weighted by atomic mass is 9.59. The first-order valence-electron chi connectivity index (χ1n) is 10.7. The van der Waals surface area contributed by atoms with Crippen LogP contribution in [0.15, 0.2) is 46.5 Å². The van der Waals surface area contributed by atoms with Crippen molar-refractivity contribution in [1.82, 2.24) is 9.62 Å². The monoisotopic (exact) mass is 430 g/mol. The van der Waals surface area contributed by atoms with Gasteiger partial charge in [-0.25, -0.2) is 8.42 Å². The van der Waals surface area contributed by atoms with Gasteiger partial charge < -0.3 is 10.4 Å². The number of amides is 1. The maximum absolute atomic E-state index is 12.8. The molecule has 162 valence electrons. The summed E-state index contributed by atoms with van der Waals surface area (Å²) >= 11 is 0. The Kier molecular flexibility index (Phi) is 5.90. The molecular weight excluding hydrogens is 400 g/mol. The number of aliphatic hydroxyl groups excluding tert-OH is 1. The van der Waals surface area contributed by atoms with Gasteiger partial charge in [-0.3, -0.25) is 4.79 Å². The predicted octanol–water partition coefficient (Wildman–Crippen LogP) is 2.53. The van der Waals surface area contributed by atoms with Gasteiger partial charge in [-0.05, 0) is 80.6 Å². The second-order valence-electron chi connectivity index (χ2n) is 9.14. The van der Waals surface area contributed by atoms with Crippen molar-refractivity contribution in [2.24, 2.45) is 11.3 Å². The molecule has 2 bridgehead atoms. The molecule has 2 fully saturated rings. The van der Waals surface area contributed by atoms with Gasteiger partial charge in [0.15, 0.2) is 0 Å². The second-order valence-corrected chi connectivity index (χ2v) is 11.1. The van der Waals surface area contributed by atoms with Crippen LogP contribution in [0.5, 0.6) is 0 Å². The summed E-state index contributed by atoms with van der Waals surface area (Å²) in [6, 6.07) is 6.93. The summed E-state index contributed by atoms with van der Waals surface area (Å²) < 4.78 is 27.1. The number of allylic oxidation sites excluding steroid dienone is 1. The van der Waals surface area contributed by atoms with Crippen LogP contribution in [0, 0.1) is 18.3 Å². The summed E-state index contributed by atoms with van der Waals surface area (Å²) in [5.41, 5.74) is 5.60. The fraction of sp³-hybridized carbons (Fsp3) is 0.565. The number of rotatable bonds is 7. The van der Waals surface area contributed by atoms with Crippen molar-refractivity contribution in [2.75, 3.05) is 19.6 Å². The van der Waals surface area contributed by atoms with Crippen molar-refractivity contribution in [3.05, 3.63) is 47.2 Å². The van der Waals surface area contributed by atoms with Gasteiger partial charge in [-0.15, -0.1) is 5.73 Å². The Morgan fingerprint density at radius 3 is 2.53 bits per heavy atom. The summed E-state index contributed by atoms with van der Waals surface area (Å²) in [6.07, 6.45) is 5.70. The van der Waals surface area contributed by atoms with E-state index in [0.717, 1.165) is 24.8 Å². The standard InChI is InChI=1S/C23H30N2O4S/c1-17-4-6-20(7-5-17)30(28,29)25-11-8-18(9-12-25)16-24-22(27)21(26)15-23-10-2-3-19(13-23)14-23/h2,4-7,18,21,26H,8-16H2,1H3,(H,24,27). The molecular formula is C23H30N2O4S. The smallest absolute Gasteiger partial charge is 0.248 e. The van der Waals surface area contributed by atoms with Gasteiger partial charge in [-0.2, -0.15) is 4.31 Å². The summed E-state index contributed by atoms with van der Waals surface area (Å²) in [4.78, 5) is 12.7. The van der Waals surface area contributed by atoms with Gasteiger partial charge in [-0.1, -0.05) is 17.7 Å². The molecule has 5 rings (SSSR count). The topological polar surface area (TPSA) is 86.7 Å². The van der Waals surface area contributed by atoms with Crippen LogP contribution in [0.4, 0.5) is 0 Å². The Labute approximate surface area is 178 Å². The minimum Gasteiger partial charge on any atom is -0.383 e. The summed E-state index contributed by atoms with van der Waals surface area (Å²) in [6.45, 7) is 3.31. The molecule has 1 saturated carbocycles. The van der Waals surface area contributed by atoms with Crippen molar-refractivity contribution >= 4 is 15.9 Å². The number of carbonyl (C=O) groups is 1. The molecule has 1 aliphatic heterocycles. The quantitative estimate of drug-likeness (QED) is 0.651. The van der Waals surface area contributed by atoms with Gasteiger partial charge in [0.1, 0.15) is 6.10 Å². The lowest BCUT2D eigenvalue weighted by Gasteiger charge is -2.45. The maximum Gasteiger partial charge on any atom is 0.248 e. The minimum absolute atomic E-state index is 0.0486. The fourth-order valence-corrected chi connectivity index (χ4v) is 6.29. The van der Waals surface area contributed by atoms with E-state index in [4.69, 9.17) is 0 Å². The molecule has 1 aromatic rings. The SMILES string of the molecule is Cc1ccc(S(=O)(=O)N2CCC(CNC(=O)C(O)CC34CC=C=C(C3)C4)CC2)cc1. The first kappa shape index (κ1) is 21.3. The van der Waals surface area contributed by atoms with E-state index in [9.17, 15) is 18.3 Å². The number of hydrogen-bond acceptors (Lipinski definition) is 4. The molecule has 1 heterocycles. The highest BCUT2D eigenvalue weighted by Gasteiger charge is 2.44. The molecule has 0 spiro atoms. The van der Waals surface area contributed by atoms with Crippen LogP contribution >= 0.6 is 0 Å². The van der Waals surface area contributed by atoms with Crippen molar-refractivity contribution in [3.8, 4) is 0 Å². The number of fused-ring (bicyclic) bond motifs is 1. The Balaban J connectivity index is 1.22. The third kappa shape index (κ3) is 4.40. The molecule has 1 saturated heterocycles. The van der Waals surface area contributed by atoms with E-state index in [1.807, 2.05) is 25.1 Å². The predicted molar refractivity (Wildman–Crippen MR) is 114 cm³/mol. The van der Waals surface area contributed by atoms with Crippen LogP contribution in [0.3, 0.4) is 0 Å². The van der Waals surface area contributed by atoms with Gasteiger partial charge >= 0.3 is 0 Å². The van der Waals surface area contributed by atoms with Gasteiger partial charge in [0.2, 0.25) is 15.9 Å². The van der Waals surface area contributed by atoms with E-state index in [1.54, 1.807) is 12.1 Å². The number of carbonyl (C=O) groups excluding carboxylic acids is 1. The van der Waals surface area contributed by atoms with Crippen LogP contribution in [0.1, 0.15) is 44.1 Å². The van der Waals surface area contributed by atoms with Crippen LogP contribution in [0.2, 0.25) is 0 Å². The largest absolute Gasteiger partial charge is 0.383 e. The molecule has 1 unspecified atom stereocenters. The molecule has 6 nitrogen and oxygen atoms in total. The molecule has 7 heteroatoms. The lowest BCUT2D eigenvalue weighted by Crippen LogP contribution is -2.45. The number of nitrogens with one attached hydrogen (secondary N) is 1. The molecule has 1 atom stereocenters. The molecule has 1 aromatic carbocycles. The Hall–Kier alpha value is -1.92. The van der Waals surface area contributed by atoms with E-state index in [0.29, 0.717) is 43.8 Å². The molecule has 2 N–H and O–H groups in total. The first-order chi connectivity index (χ1) is 14.3. The minimum atomic E-state index is -3.47. The summed E-state index contributed by atoms with van der Waals surface area (Å²) in [5.74, 6) is -0.0919. The lowest BCUT2D eigenvalue weighted by molar-refractivity contribution is -0.131. The van der Waals surface area contributed by atoms with Crippen molar-refractivity contribution < 1.29 is 18.3 Å². The second kappa shape index (κ2) is 8.31. The average molecular weight is 431 g/mol. The van der Waals surface area contributed by atoms with Crippen LogP contribution in [0.25, 0.3) is 0 Å². The van der Waals surface area contributed by atoms with Gasteiger partial charge in [0.05, 0.1) is 4.90 Å². The maximum atomic E-state index is 12.8. The number of piperidine rings is 1. The molecule has 30 heavy (non-hydrogen) atoms. The zero-order valence-corrected chi connectivity index (χ0v) is 18.2. The number of sulfonamides is 1. The highest BCUT2D eigenvalue weighted by molar-refractivity contribution is 7.89. The van der Waals surface area contributed by atoms with Crippen molar-refractivity contribution in [1.29, 1.82) is 0 Å². The Bertz CT molecular complexity index is 955. The summed E-state index contributed by atoms with van der Waals surface area (Å²) in [5, 5.41) is 13.2. The number of aliphatic hydroxyl groups is 1. The molecule has 0 radical (unpaired) electrons. The van der Waals surface area contributed by atoms with Crippen LogP contribution < -0.4 is 5.32 Å². The molecule has 3 aliphatic carbocycles. The average Bonchev–Trinajstić information content (AvgIpc) is 2.72. The van der Waals surface area contributed by atoms with E-state index < -0.39 is 16.1 Å². The highest BCUT2D eigenvalue weighted by atomic mass is 32.2. The summed E-state index contributed by atoms with van der Waals surface area (Å²) in [7, 11) is -3.47. The first-order valence-corrected chi connectivity index (χ1v) is 12.2. The molecule has 4 aliphatic rings. The van der Waals surface area contributed by atoms with Crippen molar-refractivity contribution in [2.45, 2.75) is 56.4 Å². The Morgan fingerprint density at radius 2 is 1.93 bits per heavy atom. The Morgan fingerprint density at radius 1 is 1.27 bits per heavy atom. The molecule has 0 aromatic heterocycles.